The molecule has 1 fully saturated rings. The van der Waals surface area contributed by atoms with Crippen LogP contribution in [-0.2, 0) is 11.2 Å². The maximum absolute atomic E-state index is 12.7. The third-order valence-corrected chi connectivity index (χ3v) is 5.04. The summed E-state index contributed by atoms with van der Waals surface area (Å²) in [6.45, 7) is 0.808. The molecule has 1 aliphatic rings. The van der Waals surface area contributed by atoms with Crippen LogP contribution < -0.4 is 4.74 Å². The minimum atomic E-state index is 0.00245. The van der Waals surface area contributed by atoms with E-state index in [0.29, 0.717) is 11.5 Å². The van der Waals surface area contributed by atoms with E-state index in [1.165, 1.54) is 22.8 Å². The van der Waals surface area contributed by atoms with Crippen LogP contribution in [-0.4, -0.2) is 49.8 Å². The predicted octanol–water partition coefficient (Wildman–Crippen LogP) is 2.52. The molecule has 0 radical (unpaired) electrons. The van der Waals surface area contributed by atoms with Crippen LogP contribution in [0.25, 0.3) is 5.65 Å². The number of nitrogens with zero attached hydrogens (tertiary/aromatic N) is 5. The molecular weight excluding hydrogens is 342 g/mol. The highest BCUT2D eigenvalue weighted by atomic mass is 16.5. The quantitative estimate of drug-likeness (QED) is 0.671. The first kappa shape index (κ1) is 17.5. The number of aryl methyl sites for hydroxylation is 1. The van der Waals surface area contributed by atoms with Gasteiger partial charge in [0.25, 0.3) is 5.91 Å². The smallest absolute Gasteiger partial charge is 0.260 e. The Morgan fingerprint density at radius 2 is 2.04 bits per heavy atom. The van der Waals surface area contributed by atoms with E-state index in [9.17, 15) is 4.79 Å². The zero-order chi connectivity index (χ0) is 18.5. The first-order valence-electron chi connectivity index (χ1n) is 9.43. The molecule has 27 heavy (non-hydrogen) atoms. The second-order valence-corrected chi connectivity index (χ2v) is 6.85. The molecule has 1 amide bonds. The second-order valence-electron chi connectivity index (χ2n) is 6.85. The molecular formula is C20H23N5O2. The molecule has 4 rings (SSSR count). The molecule has 0 bridgehead atoms. The number of likely N-dealkylation sites (tertiary alicyclic amines) is 1. The minimum absolute atomic E-state index is 0.00245. The molecule has 1 atom stereocenters. The number of hydrogen-bond donors (Lipinski definition) is 0. The Hall–Kier alpha value is -2.96. The van der Waals surface area contributed by atoms with Gasteiger partial charge in [-0.2, -0.15) is 4.52 Å². The van der Waals surface area contributed by atoms with Crippen molar-refractivity contribution in [3.8, 4) is 5.88 Å². The van der Waals surface area contributed by atoms with E-state index < -0.39 is 0 Å². The Morgan fingerprint density at radius 3 is 2.93 bits per heavy atom. The predicted molar refractivity (Wildman–Crippen MR) is 100 cm³/mol. The lowest BCUT2D eigenvalue weighted by atomic mass is 9.96. The summed E-state index contributed by atoms with van der Waals surface area (Å²) < 4.78 is 7.16. The lowest BCUT2D eigenvalue weighted by molar-refractivity contribution is -0.137. The van der Waals surface area contributed by atoms with Gasteiger partial charge in [-0.05, 0) is 43.7 Å². The molecule has 1 aliphatic heterocycles. The molecule has 1 saturated heterocycles. The van der Waals surface area contributed by atoms with Crippen molar-refractivity contribution in [3.63, 3.8) is 0 Å². The van der Waals surface area contributed by atoms with Crippen molar-refractivity contribution in [2.45, 2.75) is 38.1 Å². The van der Waals surface area contributed by atoms with Gasteiger partial charge in [0, 0.05) is 18.7 Å². The number of piperidine rings is 1. The molecule has 1 unspecified atom stereocenters. The fourth-order valence-corrected chi connectivity index (χ4v) is 3.61. The summed E-state index contributed by atoms with van der Waals surface area (Å²) in [6, 6.07) is 14.2. The van der Waals surface area contributed by atoms with E-state index in [1.807, 2.05) is 11.0 Å². The molecule has 0 N–H and O–H groups in total. The van der Waals surface area contributed by atoms with Gasteiger partial charge in [0.2, 0.25) is 5.88 Å². The zero-order valence-electron chi connectivity index (χ0n) is 15.2. The van der Waals surface area contributed by atoms with Crippen LogP contribution in [0.1, 0.15) is 31.2 Å². The van der Waals surface area contributed by atoms with Gasteiger partial charge in [0.05, 0.1) is 0 Å². The normalized spacial score (nSPS) is 17.2. The van der Waals surface area contributed by atoms with Gasteiger partial charge in [0.1, 0.15) is 6.33 Å². The van der Waals surface area contributed by atoms with E-state index >= 15 is 0 Å². The van der Waals surface area contributed by atoms with Crippen LogP contribution in [0.2, 0.25) is 0 Å². The van der Waals surface area contributed by atoms with Crippen LogP contribution in [0.15, 0.2) is 48.8 Å². The van der Waals surface area contributed by atoms with Crippen molar-refractivity contribution >= 4 is 11.6 Å². The maximum Gasteiger partial charge on any atom is 0.260 e. The Bertz CT molecular complexity index is 896. The average Bonchev–Trinajstić information content (AvgIpc) is 3.19. The van der Waals surface area contributed by atoms with Gasteiger partial charge in [-0.3, -0.25) is 4.79 Å². The van der Waals surface area contributed by atoms with E-state index in [4.69, 9.17) is 4.74 Å². The Labute approximate surface area is 158 Å². The molecule has 3 heterocycles. The molecule has 3 aromatic rings. The van der Waals surface area contributed by atoms with Crippen molar-refractivity contribution in [2.75, 3.05) is 13.2 Å². The van der Waals surface area contributed by atoms with Crippen LogP contribution in [0.3, 0.4) is 0 Å². The van der Waals surface area contributed by atoms with Gasteiger partial charge in [-0.15, -0.1) is 15.3 Å². The fraction of sp³-hybridized carbons (Fsp3) is 0.400. The molecule has 2 aromatic heterocycles. The number of rotatable bonds is 6. The van der Waals surface area contributed by atoms with Crippen molar-refractivity contribution in [3.05, 3.63) is 54.4 Å². The SMILES string of the molecule is O=C(COc1ccc2nncn2n1)N1CCCCC1CCc1ccccc1. The third kappa shape index (κ3) is 4.24. The summed E-state index contributed by atoms with van der Waals surface area (Å²) in [5.41, 5.74) is 1.96. The highest BCUT2D eigenvalue weighted by Gasteiger charge is 2.26. The van der Waals surface area contributed by atoms with Crippen molar-refractivity contribution in [1.82, 2.24) is 24.7 Å². The summed E-state index contributed by atoms with van der Waals surface area (Å²) in [5.74, 6) is 0.423. The molecule has 0 spiro atoms. The number of aromatic nitrogens is 4. The van der Waals surface area contributed by atoms with Crippen molar-refractivity contribution in [1.29, 1.82) is 0 Å². The Kier molecular flexibility index (Phi) is 5.27. The monoisotopic (exact) mass is 365 g/mol. The Morgan fingerprint density at radius 1 is 1.15 bits per heavy atom. The van der Waals surface area contributed by atoms with Crippen LogP contribution >= 0.6 is 0 Å². The molecule has 0 aliphatic carbocycles. The number of hydrogen-bond acceptors (Lipinski definition) is 5. The number of fused-ring (bicyclic) bond motifs is 1. The van der Waals surface area contributed by atoms with Gasteiger partial charge in [-0.1, -0.05) is 30.3 Å². The average molecular weight is 365 g/mol. The molecule has 140 valence electrons. The zero-order valence-corrected chi connectivity index (χ0v) is 15.2. The molecule has 7 nitrogen and oxygen atoms in total. The number of benzene rings is 1. The second kappa shape index (κ2) is 8.16. The van der Waals surface area contributed by atoms with E-state index in [0.717, 1.165) is 32.2 Å². The maximum atomic E-state index is 12.7. The van der Waals surface area contributed by atoms with Gasteiger partial charge in [-0.25, -0.2) is 0 Å². The van der Waals surface area contributed by atoms with Crippen LogP contribution in [0.4, 0.5) is 0 Å². The van der Waals surface area contributed by atoms with Crippen LogP contribution in [0, 0.1) is 0 Å². The standard InChI is InChI=1S/C20H23N5O2/c26-20(14-27-19-12-11-18-22-21-15-25(18)23-19)24-13-5-4-8-17(24)10-9-16-6-2-1-3-7-16/h1-3,6-7,11-12,15,17H,4-5,8-10,13-14H2. The number of amides is 1. The van der Waals surface area contributed by atoms with E-state index in [1.54, 1.807) is 12.1 Å². The van der Waals surface area contributed by atoms with Crippen molar-refractivity contribution in [2.24, 2.45) is 0 Å². The summed E-state index contributed by atoms with van der Waals surface area (Å²) in [4.78, 5) is 14.7. The molecule has 0 saturated carbocycles. The van der Waals surface area contributed by atoms with Gasteiger partial charge in [0.15, 0.2) is 12.3 Å². The lowest BCUT2D eigenvalue weighted by Gasteiger charge is -2.35. The molecule has 1 aromatic carbocycles. The largest absolute Gasteiger partial charge is 0.467 e. The third-order valence-electron chi connectivity index (χ3n) is 5.04. The fourth-order valence-electron chi connectivity index (χ4n) is 3.61. The summed E-state index contributed by atoms with van der Waals surface area (Å²) in [7, 11) is 0. The highest BCUT2D eigenvalue weighted by molar-refractivity contribution is 5.78. The van der Waals surface area contributed by atoms with Gasteiger partial charge < -0.3 is 9.64 Å². The topological polar surface area (TPSA) is 72.6 Å². The Balaban J connectivity index is 1.35. The van der Waals surface area contributed by atoms with Crippen molar-refractivity contribution < 1.29 is 9.53 Å². The molecule has 7 heteroatoms. The first-order valence-corrected chi connectivity index (χ1v) is 9.43. The summed E-state index contributed by atoms with van der Waals surface area (Å²) in [6.07, 6.45) is 6.77. The number of ether oxygens (including phenoxy) is 1. The number of carbonyl (C=O) groups is 1. The highest BCUT2D eigenvalue weighted by Crippen LogP contribution is 2.22. The van der Waals surface area contributed by atoms with E-state index in [2.05, 4.69) is 39.6 Å². The lowest BCUT2D eigenvalue weighted by Crippen LogP contribution is -2.46. The number of carbonyl (C=O) groups excluding carboxylic acids is 1. The van der Waals surface area contributed by atoms with Crippen LogP contribution in [0.5, 0.6) is 5.88 Å². The van der Waals surface area contributed by atoms with E-state index in [-0.39, 0.29) is 18.6 Å². The van der Waals surface area contributed by atoms with Gasteiger partial charge >= 0.3 is 0 Å². The summed E-state index contributed by atoms with van der Waals surface area (Å²) >= 11 is 0. The minimum Gasteiger partial charge on any atom is -0.467 e. The summed E-state index contributed by atoms with van der Waals surface area (Å²) in [5, 5.41) is 11.9. The first-order chi connectivity index (χ1) is 13.3.